The van der Waals surface area contributed by atoms with Crippen LogP contribution >= 0.6 is 0 Å². The summed E-state index contributed by atoms with van der Waals surface area (Å²) in [6, 6.07) is 8.60. The number of benzene rings is 1. The number of aryl methyl sites for hydroxylation is 1. The van der Waals surface area contributed by atoms with Gasteiger partial charge in [-0.2, -0.15) is 0 Å². The predicted molar refractivity (Wildman–Crippen MR) is 73.4 cm³/mol. The predicted octanol–water partition coefficient (Wildman–Crippen LogP) is 2.50. The molecule has 0 aliphatic heterocycles. The molecule has 0 unspecified atom stereocenters. The van der Waals surface area contributed by atoms with Crippen LogP contribution in [0.4, 0.5) is 11.4 Å². The Hall–Kier alpha value is -2.43. The van der Waals surface area contributed by atoms with Crippen molar-refractivity contribution in [2.75, 3.05) is 17.7 Å². The number of carbonyl (C=O) groups is 1. The molecule has 0 amide bonds. The molecule has 0 spiro atoms. The van der Waals surface area contributed by atoms with Crippen LogP contribution in [0.2, 0.25) is 0 Å². The van der Waals surface area contributed by atoms with Crippen LogP contribution in [0.25, 0.3) is 0 Å². The fourth-order valence-corrected chi connectivity index (χ4v) is 2.04. The number of rotatable bonds is 4. The van der Waals surface area contributed by atoms with Crippen LogP contribution < -0.4 is 10.6 Å². The maximum Gasteiger partial charge on any atom is 0.337 e. The summed E-state index contributed by atoms with van der Waals surface area (Å²) in [5, 5.41) is 9.20. The summed E-state index contributed by atoms with van der Waals surface area (Å²) in [5.41, 5.74) is 7.01. The van der Waals surface area contributed by atoms with Gasteiger partial charge >= 0.3 is 5.97 Å². The van der Waals surface area contributed by atoms with E-state index in [1.807, 2.05) is 19.1 Å². The fourth-order valence-electron chi connectivity index (χ4n) is 2.04. The zero-order valence-electron chi connectivity index (χ0n) is 10.9. The van der Waals surface area contributed by atoms with Crippen molar-refractivity contribution in [2.24, 2.45) is 0 Å². The molecule has 3 N–H and O–H groups in total. The largest absolute Gasteiger partial charge is 0.478 e. The van der Waals surface area contributed by atoms with Gasteiger partial charge in [-0.05, 0) is 31.2 Å². The Kier molecular flexibility index (Phi) is 3.46. The minimum Gasteiger partial charge on any atom is -0.478 e. The number of carboxylic acids is 1. The summed E-state index contributed by atoms with van der Waals surface area (Å²) in [5.74, 6) is 0.590. The highest BCUT2D eigenvalue weighted by atomic mass is 16.4. The lowest BCUT2D eigenvalue weighted by atomic mass is 10.1. The third-order valence-electron chi connectivity index (χ3n) is 2.87. The molecular formula is C14H16N2O3. The molecule has 0 bridgehead atoms. The Bertz CT molecular complexity index is 604. The van der Waals surface area contributed by atoms with E-state index < -0.39 is 5.97 Å². The highest BCUT2D eigenvalue weighted by molar-refractivity contribution is 5.97. The maximum absolute atomic E-state index is 11.2. The monoisotopic (exact) mass is 260 g/mol. The van der Waals surface area contributed by atoms with Crippen LogP contribution in [0.15, 0.2) is 34.7 Å². The molecule has 5 heteroatoms. The SMILES string of the molecule is Cc1ccc(CN(C)c2c(N)cccc2C(=O)O)o1. The molecule has 0 saturated carbocycles. The topological polar surface area (TPSA) is 79.7 Å². The molecule has 0 atom stereocenters. The van der Waals surface area contributed by atoms with Crippen LogP contribution in [0.5, 0.6) is 0 Å². The second-order valence-electron chi connectivity index (χ2n) is 4.42. The first-order valence-electron chi connectivity index (χ1n) is 5.87. The van der Waals surface area contributed by atoms with Crippen molar-refractivity contribution in [3.05, 3.63) is 47.4 Å². The number of para-hydroxylation sites is 1. The minimum absolute atomic E-state index is 0.186. The molecule has 2 aromatic rings. The number of nitrogens with two attached hydrogens (primary N) is 1. The molecule has 0 radical (unpaired) electrons. The smallest absolute Gasteiger partial charge is 0.337 e. The highest BCUT2D eigenvalue weighted by Crippen LogP contribution is 2.28. The Morgan fingerprint density at radius 2 is 2.11 bits per heavy atom. The van der Waals surface area contributed by atoms with Gasteiger partial charge in [0.15, 0.2) is 0 Å². The van der Waals surface area contributed by atoms with E-state index in [1.165, 1.54) is 6.07 Å². The van der Waals surface area contributed by atoms with Gasteiger partial charge in [-0.25, -0.2) is 4.79 Å². The van der Waals surface area contributed by atoms with Gasteiger partial charge in [-0.15, -0.1) is 0 Å². The zero-order valence-corrected chi connectivity index (χ0v) is 10.9. The molecule has 1 aromatic carbocycles. The van der Waals surface area contributed by atoms with Crippen LogP contribution in [-0.4, -0.2) is 18.1 Å². The molecule has 5 nitrogen and oxygen atoms in total. The average Bonchev–Trinajstić information content (AvgIpc) is 2.74. The third-order valence-corrected chi connectivity index (χ3v) is 2.87. The maximum atomic E-state index is 11.2. The van der Waals surface area contributed by atoms with E-state index in [-0.39, 0.29) is 5.56 Å². The van der Waals surface area contributed by atoms with Crippen molar-refractivity contribution in [3.8, 4) is 0 Å². The number of carboxylic acid groups (broad SMARTS) is 1. The van der Waals surface area contributed by atoms with Crippen molar-refractivity contribution in [3.63, 3.8) is 0 Å². The van der Waals surface area contributed by atoms with Gasteiger partial charge in [-0.1, -0.05) is 6.07 Å². The van der Waals surface area contributed by atoms with E-state index in [0.29, 0.717) is 17.9 Å². The van der Waals surface area contributed by atoms with Gasteiger partial charge in [0.1, 0.15) is 11.5 Å². The Morgan fingerprint density at radius 3 is 2.68 bits per heavy atom. The van der Waals surface area contributed by atoms with Crippen molar-refractivity contribution in [2.45, 2.75) is 13.5 Å². The molecule has 2 rings (SSSR count). The minimum atomic E-state index is -0.996. The van der Waals surface area contributed by atoms with Gasteiger partial charge in [0.05, 0.1) is 23.5 Å². The number of nitrogens with zero attached hydrogens (tertiary/aromatic N) is 1. The molecule has 0 saturated heterocycles. The lowest BCUT2D eigenvalue weighted by molar-refractivity contribution is 0.0697. The van der Waals surface area contributed by atoms with Gasteiger partial charge in [0.25, 0.3) is 0 Å². The van der Waals surface area contributed by atoms with Crippen molar-refractivity contribution >= 4 is 17.3 Å². The van der Waals surface area contributed by atoms with Crippen LogP contribution in [0, 0.1) is 6.92 Å². The number of hydrogen-bond donors (Lipinski definition) is 2. The van der Waals surface area contributed by atoms with Crippen molar-refractivity contribution in [1.82, 2.24) is 0 Å². The molecule has 1 aromatic heterocycles. The van der Waals surface area contributed by atoms with Crippen molar-refractivity contribution < 1.29 is 14.3 Å². The van der Waals surface area contributed by atoms with Gasteiger partial charge < -0.3 is 20.2 Å². The van der Waals surface area contributed by atoms with Crippen LogP contribution in [-0.2, 0) is 6.54 Å². The molecular weight excluding hydrogens is 244 g/mol. The molecule has 0 aliphatic rings. The fraction of sp³-hybridized carbons (Fsp3) is 0.214. The molecule has 19 heavy (non-hydrogen) atoms. The highest BCUT2D eigenvalue weighted by Gasteiger charge is 2.17. The van der Waals surface area contributed by atoms with Gasteiger partial charge in [0.2, 0.25) is 0 Å². The zero-order chi connectivity index (χ0) is 14.0. The summed E-state index contributed by atoms with van der Waals surface area (Å²) in [6.07, 6.45) is 0. The lowest BCUT2D eigenvalue weighted by Gasteiger charge is -2.21. The number of furan rings is 1. The summed E-state index contributed by atoms with van der Waals surface area (Å²) >= 11 is 0. The lowest BCUT2D eigenvalue weighted by Crippen LogP contribution is -2.20. The first kappa shape index (κ1) is 13.0. The third kappa shape index (κ3) is 2.70. The summed E-state index contributed by atoms with van der Waals surface area (Å²) in [6.45, 7) is 2.32. The van der Waals surface area contributed by atoms with E-state index in [9.17, 15) is 9.90 Å². The first-order chi connectivity index (χ1) is 8.99. The molecule has 100 valence electrons. The average molecular weight is 260 g/mol. The van der Waals surface area contributed by atoms with Crippen molar-refractivity contribution in [1.29, 1.82) is 0 Å². The summed E-state index contributed by atoms with van der Waals surface area (Å²) in [7, 11) is 1.79. The van der Waals surface area contributed by atoms with E-state index in [0.717, 1.165) is 11.5 Å². The second kappa shape index (κ2) is 5.06. The summed E-state index contributed by atoms with van der Waals surface area (Å²) < 4.78 is 5.49. The number of nitrogen functional groups attached to an aromatic ring is 1. The van der Waals surface area contributed by atoms with Crippen LogP contribution in [0.3, 0.4) is 0 Å². The summed E-state index contributed by atoms with van der Waals surface area (Å²) in [4.78, 5) is 13.0. The van der Waals surface area contributed by atoms with Gasteiger partial charge in [-0.3, -0.25) is 0 Å². The normalized spacial score (nSPS) is 10.4. The van der Waals surface area contributed by atoms with E-state index in [4.69, 9.17) is 10.2 Å². The molecule has 0 fully saturated rings. The Labute approximate surface area is 111 Å². The van der Waals surface area contributed by atoms with Gasteiger partial charge in [0, 0.05) is 7.05 Å². The van der Waals surface area contributed by atoms with E-state index >= 15 is 0 Å². The number of aromatic carboxylic acids is 1. The number of hydrogen-bond acceptors (Lipinski definition) is 4. The van der Waals surface area contributed by atoms with E-state index in [1.54, 1.807) is 24.1 Å². The Balaban J connectivity index is 2.32. The second-order valence-corrected chi connectivity index (χ2v) is 4.42. The van der Waals surface area contributed by atoms with Crippen LogP contribution in [0.1, 0.15) is 21.9 Å². The number of anilines is 2. The quantitative estimate of drug-likeness (QED) is 0.826. The molecule has 0 aliphatic carbocycles. The molecule has 1 heterocycles. The standard InChI is InChI=1S/C14H16N2O3/c1-9-6-7-10(19-9)8-16(2)13-11(14(17)18)4-3-5-12(13)15/h3-7H,8,15H2,1-2H3,(H,17,18). The first-order valence-corrected chi connectivity index (χ1v) is 5.87. The Morgan fingerprint density at radius 1 is 1.37 bits per heavy atom. The van der Waals surface area contributed by atoms with E-state index in [2.05, 4.69) is 0 Å².